The lowest BCUT2D eigenvalue weighted by Gasteiger charge is -2.04. The second kappa shape index (κ2) is 3.72. The Kier molecular flexibility index (Phi) is 2.89. The third kappa shape index (κ3) is 2.19. The third-order valence-corrected chi connectivity index (χ3v) is 2.08. The molecule has 0 amide bonds. The Morgan fingerprint density at radius 1 is 1.55 bits per heavy atom. The summed E-state index contributed by atoms with van der Waals surface area (Å²) in [5, 5.41) is 0. The molecular weight excluding hydrogens is 200 g/mol. The first-order chi connectivity index (χ1) is 5.24. The Hall–Kier alpha value is -0.560. The van der Waals surface area contributed by atoms with E-state index in [2.05, 4.69) is 41.6 Å². The number of allylic oxidation sites excluding steroid dienone is 1. The molecule has 0 aliphatic carbocycles. The molecule has 0 spiro atoms. The van der Waals surface area contributed by atoms with E-state index in [1.807, 2.05) is 18.2 Å². The summed E-state index contributed by atoms with van der Waals surface area (Å²) < 4.78 is 1.11. The van der Waals surface area contributed by atoms with Gasteiger partial charge in [0.1, 0.15) is 0 Å². The summed E-state index contributed by atoms with van der Waals surface area (Å²) in [6, 6.07) is 8.19. The maximum Gasteiger partial charge on any atom is 0.0230 e. The van der Waals surface area contributed by atoms with Crippen LogP contribution in [0.4, 0.5) is 0 Å². The van der Waals surface area contributed by atoms with E-state index in [4.69, 9.17) is 0 Å². The molecule has 0 saturated carbocycles. The van der Waals surface area contributed by atoms with Crippen molar-refractivity contribution in [3.8, 4) is 0 Å². The van der Waals surface area contributed by atoms with Crippen LogP contribution >= 0.6 is 15.9 Å². The molecule has 0 unspecified atom stereocenters. The van der Waals surface area contributed by atoms with Gasteiger partial charge in [0.25, 0.3) is 0 Å². The summed E-state index contributed by atoms with van der Waals surface area (Å²) in [4.78, 5) is 0. The molecule has 0 aromatic heterocycles. The van der Waals surface area contributed by atoms with E-state index in [0.717, 1.165) is 4.47 Å². The smallest absolute Gasteiger partial charge is 0.0230 e. The van der Waals surface area contributed by atoms with Crippen molar-refractivity contribution in [2.45, 2.75) is 6.92 Å². The van der Waals surface area contributed by atoms with Gasteiger partial charge in [-0.15, -0.1) is 6.58 Å². The summed E-state index contributed by atoms with van der Waals surface area (Å²) in [7, 11) is 0. The van der Waals surface area contributed by atoms with Crippen LogP contribution < -0.4 is 0 Å². The Bertz CT molecular complexity index is 253. The predicted octanol–water partition coefficient (Wildman–Crippen LogP) is 3.58. The Morgan fingerprint density at radius 2 is 2.27 bits per heavy atom. The number of halogens is 1. The highest BCUT2D eigenvalue weighted by atomic mass is 79.9. The zero-order chi connectivity index (χ0) is 8.27. The second-order valence-corrected chi connectivity index (χ2v) is 3.31. The van der Waals surface area contributed by atoms with Gasteiger partial charge in [0.15, 0.2) is 0 Å². The van der Waals surface area contributed by atoms with E-state index >= 15 is 0 Å². The van der Waals surface area contributed by atoms with Crippen LogP contribution in [0.1, 0.15) is 12.5 Å². The van der Waals surface area contributed by atoms with Crippen molar-refractivity contribution in [3.05, 3.63) is 52.9 Å². The van der Waals surface area contributed by atoms with Gasteiger partial charge >= 0.3 is 0 Å². The minimum atomic E-state index is 1.11. The van der Waals surface area contributed by atoms with E-state index in [-0.39, 0.29) is 0 Å². The van der Waals surface area contributed by atoms with Gasteiger partial charge in [-0.2, -0.15) is 0 Å². The molecule has 1 radical (unpaired) electrons. The predicted molar refractivity (Wildman–Crippen MR) is 52.4 cm³/mol. The molecule has 0 bridgehead atoms. The highest BCUT2D eigenvalue weighted by Crippen LogP contribution is 2.18. The van der Waals surface area contributed by atoms with Crippen LogP contribution in [0.15, 0.2) is 41.4 Å². The minimum absolute atomic E-state index is 1.11. The van der Waals surface area contributed by atoms with Gasteiger partial charge in [-0.05, 0) is 17.7 Å². The number of hydrogen-bond donors (Lipinski definition) is 0. The monoisotopic (exact) mass is 209 g/mol. The summed E-state index contributed by atoms with van der Waals surface area (Å²) in [5.41, 5.74) is 1.22. The molecule has 0 saturated heterocycles. The van der Waals surface area contributed by atoms with Gasteiger partial charge in [0, 0.05) is 10.4 Å². The summed E-state index contributed by atoms with van der Waals surface area (Å²) in [5.74, 6) is 1.20. The van der Waals surface area contributed by atoms with Crippen molar-refractivity contribution in [2.75, 3.05) is 0 Å². The van der Waals surface area contributed by atoms with Crippen molar-refractivity contribution in [1.29, 1.82) is 0 Å². The lowest BCUT2D eigenvalue weighted by Crippen LogP contribution is -1.87. The van der Waals surface area contributed by atoms with Gasteiger partial charge in [0.2, 0.25) is 0 Å². The van der Waals surface area contributed by atoms with Crippen LogP contribution in [0, 0.1) is 5.92 Å². The lowest BCUT2D eigenvalue weighted by atomic mass is 10.0. The SMILES string of the molecule is C=C[C](C)c1cccc(Br)c1. The molecule has 0 aliphatic rings. The average Bonchev–Trinajstić information content (AvgIpc) is 2.03. The first-order valence-corrected chi connectivity index (χ1v) is 4.25. The molecule has 1 aromatic rings. The molecule has 0 aliphatic heterocycles. The number of rotatable bonds is 2. The van der Waals surface area contributed by atoms with E-state index in [9.17, 15) is 0 Å². The van der Waals surface area contributed by atoms with E-state index in [0.29, 0.717) is 0 Å². The van der Waals surface area contributed by atoms with Crippen LogP contribution in [0.5, 0.6) is 0 Å². The normalized spacial score (nSPS) is 10.1. The molecule has 0 atom stereocenters. The molecular formula is C10H10Br. The van der Waals surface area contributed by atoms with Crippen molar-refractivity contribution in [2.24, 2.45) is 0 Å². The van der Waals surface area contributed by atoms with E-state index < -0.39 is 0 Å². The fourth-order valence-electron chi connectivity index (χ4n) is 0.852. The number of hydrogen-bond acceptors (Lipinski definition) is 0. The second-order valence-electron chi connectivity index (χ2n) is 2.40. The topological polar surface area (TPSA) is 0 Å². The molecule has 57 valence electrons. The van der Waals surface area contributed by atoms with Gasteiger partial charge in [-0.3, -0.25) is 0 Å². The largest absolute Gasteiger partial charge is 0.102 e. The molecule has 0 heterocycles. The fraction of sp³-hybridized carbons (Fsp3) is 0.100. The zero-order valence-corrected chi connectivity index (χ0v) is 8.06. The van der Waals surface area contributed by atoms with E-state index in [1.54, 1.807) is 0 Å². The van der Waals surface area contributed by atoms with Crippen LogP contribution in [-0.2, 0) is 0 Å². The minimum Gasteiger partial charge on any atom is -0.102 e. The Labute approximate surface area is 76.1 Å². The Morgan fingerprint density at radius 3 is 2.82 bits per heavy atom. The third-order valence-electron chi connectivity index (χ3n) is 1.59. The van der Waals surface area contributed by atoms with Crippen LogP contribution in [0.2, 0.25) is 0 Å². The fourth-order valence-corrected chi connectivity index (χ4v) is 1.25. The summed E-state index contributed by atoms with van der Waals surface area (Å²) >= 11 is 3.41. The average molecular weight is 210 g/mol. The maximum atomic E-state index is 3.71. The maximum absolute atomic E-state index is 3.71. The van der Waals surface area contributed by atoms with Crippen molar-refractivity contribution < 1.29 is 0 Å². The van der Waals surface area contributed by atoms with Crippen molar-refractivity contribution in [1.82, 2.24) is 0 Å². The number of benzene rings is 1. The van der Waals surface area contributed by atoms with Crippen LogP contribution in [0.3, 0.4) is 0 Å². The van der Waals surface area contributed by atoms with E-state index in [1.165, 1.54) is 11.5 Å². The van der Waals surface area contributed by atoms with Crippen LogP contribution in [-0.4, -0.2) is 0 Å². The Balaban J connectivity index is 2.95. The molecule has 1 heteroatoms. The van der Waals surface area contributed by atoms with Crippen molar-refractivity contribution >= 4 is 15.9 Å². The molecule has 11 heavy (non-hydrogen) atoms. The highest BCUT2D eigenvalue weighted by Gasteiger charge is 1.99. The van der Waals surface area contributed by atoms with Crippen molar-refractivity contribution in [3.63, 3.8) is 0 Å². The summed E-state index contributed by atoms with van der Waals surface area (Å²) in [6.07, 6.45) is 1.86. The van der Waals surface area contributed by atoms with Gasteiger partial charge in [-0.25, -0.2) is 0 Å². The van der Waals surface area contributed by atoms with Gasteiger partial charge < -0.3 is 0 Å². The molecule has 0 nitrogen and oxygen atoms in total. The highest BCUT2D eigenvalue weighted by molar-refractivity contribution is 9.10. The molecule has 0 fully saturated rings. The molecule has 1 aromatic carbocycles. The quantitative estimate of drug-likeness (QED) is 0.699. The molecule has 1 rings (SSSR count). The van der Waals surface area contributed by atoms with Gasteiger partial charge in [-0.1, -0.05) is 41.1 Å². The first kappa shape index (κ1) is 8.54. The van der Waals surface area contributed by atoms with Crippen LogP contribution in [0.25, 0.3) is 0 Å². The standard InChI is InChI=1S/C10H10Br/c1-3-8(2)9-5-4-6-10(11)7-9/h3-7H,1H2,2H3. The lowest BCUT2D eigenvalue weighted by molar-refractivity contribution is 1.25. The zero-order valence-electron chi connectivity index (χ0n) is 6.47. The first-order valence-electron chi connectivity index (χ1n) is 3.46. The van der Waals surface area contributed by atoms with Gasteiger partial charge in [0.05, 0.1) is 0 Å². The summed E-state index contributed by atoms with van der Waals surface area (Å²) in [6.45, 7) is 5.76. The molecule has 0 N–H and O–H groups in total.